The minimum atomic E-state index is -0.281. The van der Waals surface area contributed by atoms with Gasteiger partial charge in [-0.3, -0.25) is 4.79 Å². The zero-order valence-corrected chi connectivity index (χ0v) is 12.0. The number of phenolic OH excluding ortho intramolecular Hbond substituents is 1. The molecule has 0 saturated carbocycles. The molecule has 0 saturated heterocycles. The normalized spacial score (nSPS) is 11.9. The van der Waals surface area contributed by atoms with E-state index in [9.17, 15) is 9.90 Å². The molecule has 4 heteroatoms. The Bertz CT molecular complexity index is 611. The standard InChI is InChI=1S/C17H20N2O2/c1-12-7-8-16(20)14(11-12)17(21)19-10-9-15(18)13-5-3-2-4-6-13/h2-8,11,15,20H,9-10,18H2,1H3,(H,19,21). The molecule has 1 unspecified atom stereocenters. The van der Waals surface area contributed by atoms with E-state index in [1.165, 1.54) is 6.07 Å². The van der Waals surface area contributed by atoms with Crippen molar-refractivity contribution in [2.45, 2.75) is 19.4 Å². The molecule has 21 heavy (non-hydrogen) atoms. The number of hydrogen-bond donors (Lipinski definition) is 3. The summed E-state index contributed by atoms with van der Waals surface area (Å²) in [5.74, 6) is -0.290. The Morgan fingerprint density at radius 3 is 2.67 bits per heavy atom. The van der Waals surface area contributed by atoms with Gasteiger partial charge in [0.2, 0.25) is 0 Å². The Morgan fingerprint density at radius 1 is 1.24 bits per heavy atom. The van der Waals surface area contributed by atoms with Crippen LogP contribution in [0.15, 0.2) is 48.5 Å². The van der Waals surface area contributed by atoms with E-state index < -0.39 is 0 Å². The van der Waals surface area contributed by atoms with Crippen molar-refractivity contribution in [3.8, 4) is 5.75 Å². The molecule has 0 heterocycles. The Balaban J connectivity index is 1.88. The van der Waals surface area contributed by atoms with Gasteiger partial charge in [0.1, 0.15) is 5.75 Å². The molecule has 2 aromatic rings. The van der Waals surface area contributed by atoms with Crippen molar-refractivity contribution in [2.75, 3.05) is 6.54 Å². The van der Waals surface area contributed by atoms with E-state index in [0.717, 1.165) is 11.1 Å². The Morgan fingerprint density at radius 2 is 1.95 bits per heavy atom. The highest BCUT2D eigenvalue weighted by Crippen LogP contribution is 2.18. The van der Waals surface area contributed by atoms with Gasteiger partial charge in [-0.15, -0.1) is 0 Å². The molecule has 0 aliphatic rings. The molecule has 2 rings (SSSR count). The van der Waals surface area contributed by atoms with E-state index in [0.29, 0.717) is 18.5 Å². The van der Waals surface area contributed by atoms with Gasteiger partial charge in [-0.1, -0.05) is 42.0 Å². The molecular weight excluding hydrogens is 264 g/mol. The lowest BCUT2D eigenvalue weighted by Crippen LogP contribution is -2.27. The molecular formula is C17H20N2O2. The highest BCUT2D eigenvalue weighted by molar-refractivity contribution is 5.96. The van der Waals surface area contributed by atoms with Crippen LogP contribution in [0.2, 0.25) is 0 Å². The molecule has 1 amide bonds. The predicted octanol–water partition coefficient (Wildman–Crippen LogP) is 2.52. The van der Waals surface area contributed by atoms with Crippen molar-refractivity contribution in [3.05, 3.63) is 65.2 Å². The lowest BCUT2D eigenvalue weighted by Gasteiger charge is -2.13. The minimum absolute atomic E-state index is 0.00884. The van der Waals surface area contributed by atoms with Crippen LogP contribution in [0, 0.1) is 6.92 Å². The van der Waals surface area contributed by atoms with Crippen LogP contribution in [0.25, 0.3) is 0 Å². The van der Waals surface area contributed by atoms with Crippen molar-refractivity contribution < 1.29 is 9.90 Å². The second-order valence-electron chi connectivity index (χ2n) is 5.08. The van der Waals surface area contributed by atoms with Crippen molar-refractivity contribution in [3.63, 3.8) is 0 Å². The van der Waals surface area contributed by atoms with Gasteiger partial charge in [-0.25, -0.2) is 0 Å². The van der Waals surface area contributed by atoms with Gasteiger partial charge in [0.15, 0.2) is 0 Å². The van der Waals surface area contributed by atoms with E-state index in [-0.39, 0.29) is 17.7 Å². The van der Waals surface area contributed by atoms with E-state index >= 15 is 0 Å². The minimum Gasteiger partial charge on any atom is -0.507 e. The molecule has 110 valence electrons. The first-order valence-electron chi connectivity index (χ1n) is 6.96. The van der Waals surface area contributed by atoms with Crippen LogP contribution >= 0.6 is 0 Å². The van der Waals surface area contributed by atoms with Crippen LogP contribution in [-0.2, 0) is 0 Å². The van der Waals surface area contributed by atoms with Gasteiger partial charge in [-0.05, 0) is 31.0 Å². The number of nitrogens with two attached hydrogens (primary N) is 1. The molecule has 0 fully saturated rings. The summed E-state index contributed by atoms with van der Waals surface area (Å²) in [5.41, 5.74) is 8.34. The highest BCUT2D eigenvalue weighted by Gasteiger charge is 2.11. The molecule has 0 aliphatic heterocycles. The Kier molecular flexibility index (Phi) is 4.95. The largest absolute Gasteiger partial charge is 0.507 e. The first kappa shape index (κ1) is 15.1. The number of aromatic hydroxyl groups is 1. The van der Waals surface area contributed by atoms with Crippen molar-refractivity contribution in [1.82, 2.24) is 5.32 Å². The summed E-state index contributed by atoms with van der Waals surface area (Å²) >= 11 is 0. The molecule has 4 N–H and O–H groups in total. The summed E-state index contributed by atoms with van der Waals surface area (Å²) in [5, 5.41) is 12.5. The van der Waals surface area contributed by atoms with Gasteiger partial charge >= 0.3 is 0 Å². The molecule has 0 aliphatic carbocycles. The van der Waals surface area contributed by atoms with Gasteiger partial charge in [-0.2, -0.15) is 0 Å². The zero-order valence-electron chi connectivity index (χ0n) is 12.0. The fraction of sp³-hybridized carbons (Fsp3) is 0.235. The number of phenols is 1. The smallest absolute Gasteiger partial charge is 0.255 e. The summed E-state index contributed by atoms with van der Waals surface area (Å²) in [6.07, 6.45) is 0.641. The third kappa shape index (κ3) is 4.07. The lowest BCUT2D eigenvalue weighted by molar-refractivity contribution is 0.0950. The second kappa shape index (κ2) is 6.90. The van der Waals surface area contributed by atoms with Gasteiger partial charge < -0.3 is 16.2 Å². The Labute approximate surface area is 124 Å². The average molecular weight is 284 g/mol. The summed E-state index contributed by atoms with van der Waals surface area (Å²) in [6, 6.07) is 14.6. The third-order valence-corrected chi connectivity index (χ3v) is 3.37. The molecule has 0 bridgehead atoms. The molecule has 0 spiro atoms. The summed E-state index contributed by atoms with van der Waals surface area (Å²) < 4.78 is 0. The SMILES string of the molecule is Cc1ccc(O)c(C(=O)NCCC(N)c2ccccc2)c1. The molecule has 1 atom stereocenters. The fourth-order valence-electron chi connectivity index (χ4n) is 2.14. The van der Waals surface area contributed by atoms with Crippen molar-refractivity contribution in [2.24, 2.45) is 5.73 Å². The zero-order chi connectivity index (χ0) is 15.2. The maximum atomic E-state index is 12.0. The van der Waals surface area contributed by atoms with Crippen LogP contribution in [-0.4, -0.2) is 17.6 Å². The number of hydrogen-bond acceptors (Lipinski definition) is 3. The third-order valence-electron chi connectivity index (χ3n) is 3.37. The van der Waals surface area contributed by atoms with Crippen molar-refractivity contribution in [1.29, 1.82) is 0 Å². The van der Waals surface area contributed by atoms with Crippen LogP contribution in [0.3, 0.4) is 0 Å². The molecule has 0 radical (unpaired) electrons. The lowest BCUT2D eigenvalue weighted by atomic mass is 10.0. The van der Waals surface area contributed by atoms with E-state index in [4.69, 9.17) is 5.73 Å². The van der Waals surface area contributed by atoms with Crippen LogP contribution < -0.4 is 11.1 Å². The number of amides is 1. The maximum Gasteiger partial charge on any atom is 0.255 e. The van der Waals surface area contributed by atoms with Crippen molar-refractivity contribution >= 4 is 5.91 Å². The second-order valence-corrected chi connectivity index (χ2v) is 5.08. The molecule has 4 nitrogen and oxygen atoms in total. The van der Waals surface area contributed by atoms with Crippen LogP contribution in [0.4, 0.5) is 0 Å². The Hall–Kier alpha value is -2.33. The maximum absolute atomic E-state index is 12.0. The molecule has 2 aromatic carbocycles. The van der Waals surface area contributed by atoms with Crippen LogP contribution in [0.5, 0.6) is 5.75 Å². The highest BCUT2D eigenvalue weighted by atomic mass is 16.3. The predicted molar refractivity (Wildman–Crippen MR) is 83.2 cm³/mol. The molecule has 0 aromatic heterocycles. The van der Waals surface area contributed by atoms with E-state index in [1.807, 2.05) is 37.3 Å². The summed E-state index contributed by atoms with van der Waals surface area (Å²) in [6.45, 7) is 2.34. The monoisotopic (exact) mass is 284 g/mol. The topological polar surface area (TPSA) is 75.3 Å². The van der Waals surface area contributed by atoms with E-state index in [2.05, 4.69) is 5.32 Å². The first-order chi connectivity index (χ1) is 10.1. The number of aryl methyl sites for hydroxylation is 1. The van der Waals surface area contributed by atoms with Gasteiger partial charge in [0.25, 0.3) is 5.91 Å². The first-order valence-corrected chi connectivity index (χ1v) is 6.96. The number of carbonyl (C=O) groups is 1. The average Bonchev–Trinajstić information content (AvgIpc) is 2.50. The quantitative estimate of drug-likeness (QED) is 0.789. The summed E-state index contributed by atoms with van der Waals surface area (Å²) in [7, 11) is 0. The summed E-state index contributed by atoms with van der Waals surface area (Å²) in [4.78, 5) is 12.0. The van der Waals surface area contributed by atoms with Crippen LogP contribution in [0.1, 0.15) is 33.9 Å². The fourth-order valence-corrected chi connectivity index (χ4v) is 2.14. The number of carbonyl (C=O) groups excluding carboxylic acids is 1. The number of rotatable bonds is 5. The number of nitrogens with one attached hydrogen (secondary N) is 1. The number of benzene rings is 2. The van der Waals surface area contributed by atoms with Gasteiger partial charge in [0, 0.05) is 12.6 Å². The van der Waals surface area contributed by atoms with Gasteiger partial charge in [0.05, 0.1) is 5.56 Å². The van der Waals surface area contributed by atoms with E-state index in [1.54, 1.807) is 12.1 Å².